The molecular weight excluding hydrogens is 188 g/mol. The number of carboxylic acids is 1. The topological polar surface area (TPSA) is 37.3 Å². The lowest BCUT2D eigenvalue weighted by molar-refractivity contribution is -0.137. The van der Waals surface area contributed by atoms with Crippen LogP contribution in [0, 0.1) is 12.8 Å². The molecule has 0 radical (unpaired) electrons. The van der Waals surface area contributed by atoms with E-state index < -0.39 is 5.97 Å². The van der Waals surface area contributed by atoms with E-state index in [4.69, 9.17) is 5.11 Å². The van der Waals surface area contributed by atoms with Crippen LogP contribution in [0.1, 0.15) is 36.3 Å². The van der Waals surface area contributed by atoms with Gasteiger partial charge in [-0.15, -0.1) is 0 Å². The molecule has 1 aromatic rings. The molecule has 2 heteroatoms. The van der Waals surface area contributed by atoms with Crippen molar-refractivity contribution in [1.82, 2.24) is 0 Å². The van der Waals surface area contributed by atoms with E-state index in [0.717, 1.165) is 0 Å². The van der Waals surface area contributed by atoms with Crippen LogP contribution in [0.4, 0.5) is 0 Å². The lowest BCUT2D eigenvalue weighted by Crippen LogP contribution is -2.08. The lowest BCUT2D eigenvalue weighted by Gasteiger charge is -2.14. The van der Waals surface area contributed by atoms with Crippen LogP contribution in [0.15, 0.2) is 24.3 Å². The van der Waals surface area contributed by atoms with Crippen LogP contribution in [-0.4, -0.2) is 11.1 Å². The highest BCUT2D eigenvalue weighted by molar-refractivity contribution is 5.68. The highest BCUT2D eigenvalue weighted by atomic mass is 16.4. The van der Waals surface area contributed by atoms with Crippen LogP contribution in [-0.2, 0) is 4.79 Å². The maximum Gasteiger partial charge on any atom is 0.303 e. The molecule has 0 unspecified atom stereocenters. The zero-order valence-electron chi connectivity index (χ0n) is 8.94. The second-order valence-corrected chi connectivity index (χ2v) is 4.45. The van der Waals surface area contributed by atoms with Crippen molar-refractivity contribution in [2.45, 2.75) is 32.1 Å². The first kappa shape index (κ1) is 10.2. The van der Waals surface area contributed by atoms with Gasteiger partial charge in [0, 0.05) is 0 Å². The molecule has 0 saturated heterocycles. The van der Waals surface area contributed by atoms with Gasteiger partial charge in [0.05, 0.1) is 6.42 Å². The number of rotatable bonds is 4. The van der Waals surface area contributed by atoms with Crippen LogP contribution in [0.25, 0.3) is 0 Å². The second-order valence-electron chi connectivity index (χ2n) is 4.45. The van der Waals surface area contributed by atoms with Gasteiger partial charge in [0.1, 0.15) is 0 Å². The SMILES string of the molecule is Cc1ccc([C@@H](CC(=O)O)C2CC2)cc1. The maximum atomic E-state index is 10.8. The van der Waals surface area contributed by atoms with Crippen molar-refractivity contribution in [1.29, 1.82) is 0 Å². The minimum Gasteiger partial charge on any atom is -0.481 e. The van der Waals surface area contributed by atoms with Crippen LogP contribution in [0.2, 0.25) is 0 Å². The monoisotopic (exact) mass is 204 g/mol. The summed E-state index contributed by atoms with van der Waals surface area (Å²) in [5.41, 5.74) is 2.41. The number of carboxylic acid groups (broad SMARTS) is 1. The normalized spacial score (nSPS) is 17.4. The van der Waals surface area contributed by atoms with Crippen LogP contribution >= 0.6 is 0 Å². The van der Waals surface area contributed by atoms with Crippen molar-refractivity contribution < 1.29 is 9.90 Å². The minimum absolute atomic E-state index is 0.225. The third-order valence-corrected chi connectivity index (χ3v) is 3.09. The van der Waals surface area contributed by atoms with Gasteiger partial charge in [-0.1, -0.05) is 29.8 Å². The number of aliphatic carboxylic acids is 1. The molecule has 1 atom stereocenters. The molecule has 2 rings (SSSR count). The largest absolute Gasteiger partial charge is 0.481 e. The van der Waals surface area contributed by atoms with Gasteiger partial charge in [-0.3, -0.25) is 4.79 Å². The molecular formula is C13H16O2. The summed E-state index contributed by atoms with van der Waals surface area (Å²) >= 11 is 0. The molecule has 2 nitrogen and oxygen atoms in total. The Bertz CT molecular complexity index is 349. The Balaban J connectivity index is 2.16. The summed E-state index contributed by atoms with van der Waals surface area (Å²) in [5.74, 6) is 0.138. The van der Waals surface area contributed by atoms with Crippen LogP contribution < -0.4 is 0 Å². The molecule has 1 fully saturated rings. The summed E-state index contributed by atoms with van der Waals surface area (Å²) in [6, 6.07) is 8.27. The maximum absolute atomic E-state index is 10.8. The van der Waals surface area contributed by atoms with E-state index in [9.17, 15) is 4.79 Å². The quantitative estimate of drug-likeness (QED) is 0.818. The molecule has 0 spiro atoms. The summed E-state index contributed by atoms with van der Waals surface area (Å²) in [7, 11) is 0. The average Bonchev–Trinajstić information content (AvgIpc) is 2.99. The van der Waals surface area contributed by atoms with Crippen molar-refractivity contribution in [3.63, 3.8) is 0 Å². The zero-order chi connectivity index (χ0) is 10.8. The average molecular weight is 204 g/mol. The lowest BCUT2D eigenvalue weighted by atomic mass is 9.90. The molecule has 1 aliphatic carbocycles. The Morgan fingerprint density at radius 2 is 2.00 bits per heavy atom. The fourth-order valence-corrected chi connectivity index (χ4v) is 2.06. The Morgan fingerprint density at radius 3 is 2.47 bits per heavy atom. The molecule has 0 amide bonds. The van der Waals surface area contributed by atoms with E-state index in [-0.39, 0.29) is 12.3 Å². The molecule has 0 aliphatic heterocycles. The molecule has 80 valence electrons. The van der Waals surface area contributed by atoms with Gasteiger partial charge < -0.3 is 5.11 Å². The molecule has 1 aliphatic rings. The van der Waals surface area contributed by atoms with Crippen molar-refractivity contribution in [3.05, 3.63) is 35.4 Å². The second kappa shape index (κ2) is 4.05. The van der Waals surface area contributed by atoms with Gasteiger partial charge in [-0.05, 0) is 37.2 Å². The molecule has 0 aromatic heterocycles. The third kappa shape index (κ3) is 2.58. The highest BCUT2D eigenvalue weighted by Crippen LogP contribution is 2.44. The molecule has 1 N–H and O–H groups in total. The Morgan fingerprint density at radius 1 is 1.40 bits per heavy atom. The van der Waals surface area contributed by atoms with E-state index in [1.807, 2.05) is 6.92 Å². The Kier molecular flexibility index (Phi) is 2.76. The van der Waals surface area contributed by atoms with E-state index in [1.54, 1.807) is 0 Å². The fourth-order valence-electron chi connectivity index (χ4n) is 2.06. The van der Waals surface area contributed by atoms with Gasteiger partial charge in [-0.2, -0.15) is 0 Å². The number of aryl methyl sites for hydroxylation is 1. The number of carbonyl (C=O) groups is 1. The highest BCUT2D eigenvalue weighted by Gasteiger charge is 2.33. The minimum atomic E-state index is -0.688. The predicted molar refractivity (Wildman–Crippen MR) is 58.9 cm³/mol. The molecule has 0 heterocycles. The van der Waals surface area contributed by atoms with E-state index in [0.29, 0.717) is 5.92 Å². The molecule has 1 aromatic carbocycles. The summed E-state index contributed by atoms with van der Waals surface area (Å²) < 4.78 is 0. The van der Waals surface area contributed by atoms with Gasteiger partial charge in [0.2, 0.25) is 0 Å². The van der Waals surface area contributed by atoms with Crippen LogP contribution in [0.3, 0.4) is 0 Å². The van der Waals surface area contributed by atoms with Crippen molar-refractivity contribution in [2.24, 2.45) is 5.92 Å². The molecule has 15 heavy (non-hydrogen) atoms. The third-order valence-electron chi connectivity index (χ3n) is 3.09. The first-order valence-electron chi connectivity index (χ1n) is 5.45. The Hall–Kier alpha value is -1.31. The van der Waals surface area contributed by atoms with Crippen molar-refractivity contribution >= 4 is 5.97 Å². The number of benzene rings is 1. The van der Waals surface area contributed by atoms with E-state index in [1.165, 1.54) is 24.0 Å². The summed E-state index contributed by atoms with van der Waals surface area (Å²) in [6.07, 6.45) is 2.64. The summed E-state index contributed by atoms with van der Waals surface area (Å²) in [6.45, 7) is 2.05. The summed E-state index contributed by atoms with van der Waals surface area (Å²) in [4.78, 5) is 10.8. The predicted octanol–water partition coefficient (Wildman–Crippen LogP) is 2.96. The van der Waals surface area contributed by atoms with Gasteiger partial charge in [0.15, 0.2) is 0 Å². The van der Waals surface area contributed by atoms with Crippen molar-refractivity contribution in [2.75, 3.05) is 0 Å². The first-order chi connectivity index (χ1) is 7.16. The van der Waals surface area contributed by atoms with Gasteiger partial charge in [-0.25, -0.2) is 0 Å². The fraction of sp³-hybridized carbons (Fsp3) is 0.462. The smallest absolute Gasteiger partial charge is 0.303 e. The molecule has 0 bridgehead atoms. The first-order valence-corrected chi connectivity index (χ1v) is 5.45. The zero-order valence-corrected chi connectivity index (χ0v) is 8.94. The van der Waals surface area contributed by atoms with E-state index in [2.05, 4.69) is 24.3 Å². The van der Waals surface area contributed by atoms with Crippen LogP contribution in [0.5, 0.6) is 0 Å². The van der Waals surface area contributed by atoms with Gasteiger partial charge in [0.25, 0.3) is 0 Å². The molecule has 1 saturated carbocycles. The Labute approximate surface area is 89.9 Å². The van der Waals surface area contributed by atoms with Crippen molar-refractivity contribution in [3.8, 4) is 0 Å². The van der Waals surface area contributed by atoms with E-state index >= 15 is 0 Å². The summed E-state index contributed by atoms with van der Waals surface area (Å²) in [5, 5.41) is 8.88. The van der Waals surface area contributed by atoms with Gasteiger partial charge >= 0.3 is 5.97 Å². The number of hydrogen-bond donors (Lipinski definition) is 1. The standard InChI is InChI=1S/C13H16O2/c1-9-2-4-10(5-3-9)12(8-13(14)15)11-6-7-11/h2-5,11-12H,6-8H2,1H3,(H,14,15)/t12-/m1/s1. The number of hydrogen-bond acceptors (Lipinski definition) is 1.